The molecular formula is C20H24N4O3S. The number of pyridine rings is 1. The maximum atomic E-state index is 13.0. The number of hydrogen-bond acceptors (Lipinski definition) is 4. The number of nitrogens with zero attached hydrogens (tertiary/aromatic N) is 4. The van der Waals surface area contributed by atoms with Gasteiger partial charge in [0.05, 0.1) is 11.4 Å². The van der Waals surface area contributed by atoms with Crippen LogP contribution in [0.25, 0.3) is 5.65 Å². The molecule has 1 aromatic carbocycles. The van der Waals surface area contributed by atoms with E-state index >= 15 is 0 Å². The number of sulfonamides is 1. The smallest absolute Gasteiger partial charge is 0.249 e. The fourth-order valence-electron chi connectivity index (χ4n) is 3.58. The summed E-state index contributed by atoms with van der Waals surface area (Å²) < 4.78 is 30.1. The third kappa shape index (κ3) is 3.38. The molecule has 8 heteroatoms. The van der Waals surface area contributed by atoms with E-state index in [4.69, 9.17) is 0 Å². The minimum absolute atomic E-state index is 0.132. The minimum atomic E-state index is -3.61. The zero-order chi connectivity index (χ0) is 19.9. The van der Waals surface area contributed by atoms with Gasteiger partial charge in [-0.15, -0.1) is 5.10 Å². The van der Waals surface area contributed by atoms with Gasteiger partial charge in [0.2, 0.25) is 10.0 Å². The Morgan fingerprint density at radius 2 is 1.82 bits per heavy atom. The molecule has 0 unspecified atom stereocenters. The van der Waals surface area contributed by atoms with Gasteiger partial charge >= 0.3 is 5.69 Å². The van der Waals surface area contributed by atoms with Crippen LogP contribution in [0.5, 0.6) is 0 Å². The van der Waals surface area contributed by atoms with E-state index in [1.54, 1.807) is 6.07 Å². The van der Waals surface area contributed by atoms with Crippen molar-refractivity contribution in [1.82, 2.24) is 18.5 Å². The van der Waals surface area contributed by atoms with Crippen LogP contribution >= 0.6 is 0 Å². The number of piperidine rings is 1. The molecule has 1 aliphatic rings. The molecule has 2 aromatic heterocycles. The molecule has 0 saturated carbocycles. The number of aromatic nitrogens is 3. The summed E-state index contributed by atoms with van der Waals surface area (Å²) in [5, 5.41) is 4.35. The Kier molecular flexibility index (Phi) is 4.84. The van der Waals surface area contributed by atoms with Crippen molar-refractivity contribution in [2.75, 3.05) is 13.1 Å². The maximum Gasteiger partial charge on any atom is 0.350 e. The van der Waals surface area contributed by atoms with Crippen LogP contribution in [0.3, 0.4) is 0 Å². The summed E-state index contributed by atoms with van der Waals surface area (Å²) >= 11 is 0. The third-order valence-electron chi connectivity index (χ3n) is 5.51. The molecule has 4 rings (SSSR count). The van der Waals surface area contributed by atoms with Gasteiger partial charge in [-0.2, -0.15) is 4.31 Å². The van der Waals surface area contributed by atoms with Crippen LogP contribution in [-0.2, 0) is 16.6 Å². The Bertz CT molecular complexity index is 1170. The highest BCUT2D eigenvalue weighted by atomic mass is 32.2. The minimum Gasteiger partial charge on any atom is -0.249 e. The van der Waals surface area contributed by atoms with E-state index in [0.29, 0.717) is 31.2 Å². The summed E-state index contributed by atoms with van der Waals surface area (Å²) in [4.78, 5) is 12.9. The number of hydrogen-bond donors (Lipinski definition) is 0. The zero-order valence-corrected chi connectivity index (χ0v) is 16.9. The van der Waals surface area contributed by atoms with Crippen molar-refractivity contribution >= 4 is 15.7 Å². The molecule has 0 radical (unpaired) electrons. The van der Waals surface area contributed by atoms with Crippen LogP contribution in [0.15, 0.2) is 52.3 Å². The molecule has 0 aliphatic carbocycles. The molecule has 1 aliphatic heterocycles. The Labute approximate surface area is 164 Å². The van der Waals surface area contributed by atoms with Crippen molar-refractivity contribution in [2.24, 2.45) is 5.92 Å². The zero-order valence-electron chi connectivity index (χ0n) is 16.1. The molecule has 28 heavy (non-hydrogen) atoms. The van der Waals surface area contributed by atoms with Crippen molar-refractivity contribution in [3.05, 3.63) is 64.2 Å². The summed E-state index contributed by atoms with van der Waals surface area (Å²) in [5.74, 6) is 0.538. The molecule has 1 fully saturated rings. The van der Waals surface area contributed by atoms with Gasteiger partial charge < -0.3 is 0 Å². The lowest BCUT2D eigenvalue weighted by Gasteiger charge is -2.29. The summed E-state index contributed by atoms with van der Waals surface area (Å²) in [5.41, 5.74) is 2.17. The normalized spacial score (nSPS) is 16.6. The summed E-state index contributed by atoms with van der Waals surface area (Å²) in [6.45, 7) is 5.50. The van der Waals surface area contributed by atoms with Crippen molar-refractivity contribution < 1.29 is 8.42 Å². The number of benzene rings is 1. The molecule has 3 heterocycles. The second-order valence-corrected chi connectivity index (χ2v) is 9.48. The van der Waals surface area contributed by atoms with Crippen molar-refractivity contribution in [3.8, 4) is 0 Å². The van der Waals surface area contributed by atoms with Crippen LogP contribution in [0, 0.1) is 12.8 Å². The Morgan fingerprint density at radius 3 is 2.54 bits per heavy atom. The van der Waals surface area contributed by atoms with E-state index in [0.717, 1.165) is 24.0 Å². The van der Waals surface area contributed by atoms with Crippen LogP contribution < -0.4 is 5.69 Å². The topological polar surface area (TPSA) is 76.7 Å². The highest BCUT2D eigenvalue weighted by Crippen LogP contribution is 2.23. The fraction of sp³-hybridized carbons (Fsp3) is 0.400. The van der Waals surface area contributed by atoms with E-state index in [9.17, 15) is 13.2 Å². The van der Waals surface area contributed by atoms with E-state index in [2.05, 4.69) is 12.0 Å². The van der Waals surface area contributed by atoms with Gasteiger partial charge in [0.1, 0.15) is 0 Å². The highest BCUT2D eigenvalue weighted by Gasteiger charge is 2.28. The molecular weight excluding hydrogens is 376 g/mol. The first kappa shape index (κ1) is 18.9. The largest absolute Gasteiger partial charge is 0.350 e. The first-order valence-electron chi connectivity index (χ1n) is 9.50. The average Bonchev–Trinajstić information content (AvgIpc) is 2.99. The van der Waals surface area contributed by atoms with Crippen molar-refractivity contribution in [3.63, 3.8) is 0 Å². The van der Waals surface area contributed by atoms with E-state index in [1.165, 1.54) is 25.7 Å². The number of fused-ring (bicyclic) bond motifs is 1. The van der Waals surface area contributed by atoms with Gasteiger partial charge in [0, 0.05) is 19.3 Å². The van der Waals surface area contributed by atoms with Gasteiger partial charge in [0.25, 0.3) is 0 Å². The van der Waals surface area contributed by atoms with Gasteiger partial charge in [-0.1, -0.05) is 31.2 Å². The monoisotopic (exact) mass is 400 g/mol. The van der Waals surface area contributed by atoms with Gasteiger partial charge in [-0.3, -0.25) is 0 Å². The van der Waals surface area contributed by atoms with Crippen LogP contribution in [-0.4, -0.2) is 40.0 Å². The third-order valence-corrected chi connectivity index (χ3v) is 7.39. The van der Waals surface area contributed by atoms with Crippen LogP contribution in [0.2, 0.25) is 0 Å². The molecule has 0 spiro atoms. The molecule has 7 nitrogen and oxygen atoms in total. The highest BCUT2D eigenvalue weighted by molar-refractivity contribution is 7.89. The second-order valence-electron chi connectivity index (χ2n) is 7.55. The lowest BCUT2D eigenvalue weighted by atomic mass is 10.0. The number of rotatable bonds is 4. The molecule has 148 valence electrons. The molecule has 1 saturated heterocycles. The lowest BCUT2D eigenvalue weighted by Crippen LogP contribution is -2.38. The molecule has 0 bridgehead atoms. The lowest BCUT2D eigenvalue weighted by molar-refractivity contribution is 0.288. The van der Waals surface area contributed by atoms with Gasteiger partial charge in [-0.05, 0) is 48.9 Å². The van der Waals surface area contributed by atoms with E-state index in [-0.39, 0.29) is 10.6 Å². The quantitative estimate of drug-likeness (QED) is 0.673. The van der Waals surface area contributed by atoms with Crippen LogP contribution in [0.4, 0.5) is 0 Å². The van der Waals surface area contributed by atoms with Crippen molar-refractivity contribution in [1.29, 1.82) is 0 Å². The second kappa shape index (κ2) is 7.18. The average molecular weight is 401 g/mol. The first-order chi connectivity index (χ1) is 13.4. The number of aryl methyl sites for hydroxylation is 1. The summed E-state index contributed by atoms with van der Waals surface area (Å²) in [6.07, 6.45) is 3.11. The predicted molar refractivity (Wildman–Crippen MR) is 107 cm³/mol. The SMILES string of the molecule is Cc1ccccc1Cn1nc2ccc(S(=O)(=O)N3CCC(C)CC3)cn2c1=O. The molecule has 0 atom stereocenters. The Hall–Kier alpha value is -2.45. The van der Waals surface area contributed by atoms with E-state index in [1.807, 2.05) is 31.2 Å². The van der Waals surface area contributed by atoms with Gasteiger partial charge in [0.15, 0.2) is 5.65 Å². The van der Waals surface area contributed by atoms with E-state index < -0.39 is 10.0 Å². The van der Waals surface area contributed by atoms with Crippen molar-refractivity contribution in [2.45, 2.75) is 38.1 Å². The molecule has 0 amide bonds. The summed E-state index contributed by atoms with van der Waals surface area (Å²) in [6, 6.07) is 10.9. The maximum absolute atomic E-state index is 13.0. The Morgan fingerprint density at radius 1 is 1.11 bits per heavy atom. The molecule has 0 N–H and O–H groups in total. The Balaban J connectivity index is 1.69. The van der Waals surface area contributed by atoms with Crippen LogP contribution in [0.1, 0.15) is 30.9 Å². The first-order valence-corrected chi connectivity index (χ1v) is 10.9. The standard InChI is InChI=1S/C20H24N4O3S/c1-15-9-11-22(12-10-15)28(26,27)18-7-8-19-21-24(20(25)23(19)14-18)13-17-6-4-3-5-16(17)2/h3-8,14-15H,9-13H2,1-2H3. The van der Waals surface area contributed by atoms with Gasteiger partial charge in [-0.25, -0.2) is 22.3 Å². The fourth-order valence-corrected chi connectivity index (χ4v) is 5.05. The molecule has 3 aromatic rings. The summed E-state index contributed by atoms with van der Waals surface area (Å²) in [7, 11) is -3.61. The predicted octanol–water partition coefficient (Wildman–Crippen LogP) is 2.27.